The SMILES string of the molecule is CC(C)(O)C1=CCCCCC1. The molecule has 1 aliphatic carbocycles. The summed E-state index contributed by atoms with van der Waals surface area (Å²) in [7, 11) is 0. The van der Waals surface area contributed by atoms with Crippen LogP contribution in [0.2, 0.25) is 0 Å². The van der Waals surface area contributed by atoms with E-state index in [1.54, 1.807) is 0 Å². The third-order valence-corrected chi connectivity index (χ3v) is 2.33. The van der Waals surface area contributed by atoms with Crippen LogP contribution in [0.3, 0.4) is 0 Å². The second-order valence-corrected chi connectivity index (χ2v) is 3.89. The topological polar surface area (TPSA) is 20.2 Å². The fourth-order valence-corrected chi connectivity index (χ4v) is 1.57. The van der Waals surface area contributed by atoms with E-state index in [1.807, 2.05) is 13.8 Å². The summed E-state index contributed by atoms with van der Waals surface area (Å²) in [6.07, 6.45) is 8.31. The summed E-state index contributed by atoms with van der Waals surface area (Å²) in [5.41, 5.74) is 0.652. The molecule has 0 aliphatic heterocycles. The monoisotopic (exact) mass is 154 g/mol. The second-order valence-electron chi connectivity index (χ2n) is 3.89. The van der Waals surface area contributed by atoms with E-state index in [0.29, 0.717) is 0 Å². The summed E-state index contributed by atoms with van der Waals surface area (Å²) in [6.45, 7) is 3.76. The second kappa shape index (κ2) is 3.40. The molecule has 0 saturated heterocycles. The van der Waals surface area contributed by atoms with E-state index in [9.17, 15) is 5.11 Å². The number of hydrogen-bond acceptors (Lipinski definition) is 1. The van der Waals surface area contributed by atoms with E-state index in [2.05, 4.69) is 6.08 Å². The predicted octanol–water partition coefficient (Wildman–Crippen LogP) is 2.65. The van der Waals surface area contributed by atoms with Gasteiger partial charge in [-0.1, -0.05) is 12.5 Å². The Balaban J connectivity index is 2.61. The minimum atomic E-state index is -0.579. The molecule has 0 fully saturated rings. The van der Waals surface area contributed by atoms with Crippen LogP contribution in [0.1, 0.15) is 46.0 Å². The van der Waals surface area contributed by atoms with Gasteiger partial charge in [0.05, 0.1) is 5.60 Å². The summed E-state index contributed by atoms with van der Waals surface area (Å²) in [6, 6.07) is 0. The molecule has 0 amide bonds. The van der Waals surface area contributed by atoms with Crippen molar-refractivity contribution in [2.45, 2.75) is 51.6 Å². The first-order valence-corrected chi connectivity index (χ1v) is 4.52. The lowest BCUT2D eigenvalue weighted by Crippen LogP contribution is -2.21. The molecule has 0 spiro atoms. The molecule has 1 N–H and O–H groups in total. The van der Waals surface area contributed by atoms with Gasteiger partial charge in [0, 0.05) is 0 Å². The minimum absolute atomic E-state index is 0.579. The minimum Gasteiger partial charge on any atom is -0.386 e. The smallest absolute Gasteiger partial charge is 0.0800 e. The molecule has 0 radical (unpaired) electrons. The van der Waals surface area contributed by atoms with Gasteiger partial charge < -0.3 is 5.11 Å². The van der Waals surface area contributed by atoms with E-state index in [4.69, 9.17) is 0 Å². The molecule has 0 atom stereocenters. The van der Waals surface area contributed by atoms with Crippen molar-refractivity contribution in [3.8, 4) is 0 Å². The molecular formula is C10H18O. The number of allylic oxidation sites excluding steroid dienone is 1. The molecule has 64 valence electrons. The molecule has 1 aliphatic rings. The molecule has 1 rings (SSSR count). The summed E-state index contributed by atoms with van der Waals surface area (Å²) >= 11 is 0. The molecule has 11 heavy (non-hydrogen) atoms. The van der Waals surface area contributed by atoms with Gasteiger partial charge in [0.2, 0.25) is 0 Å². The number of hydrogen-bond donors (Lipinski definition) is 1. The van der Waals surface area contributed by atoms with Gasteiger partial charge in [-0.25, -0.2) is 0 Å². The normalized spacial score (nSPS) is 20.8. The highest BCUT2D eigenvalue weighted by atomic mass is 16.3. The molecule has 0 aromatic rings. The summed E-state index contributed by atoms with van der Waals surface area (Å²) in [5.74, 6) is 0. The van der Waals surface area contributed by atoms with E-state index < -0.39 is 5.60 Å². The zero-order valence-electron chi connectivity index (χ0n) is 7.56. The maximum Gasteiger partial charge on any atom is 0.0800 e. The lowest BCUT2D eigenvalue weighted by Gasteiger charge is -2.20. The first-order chi connectivity index (χ1) is 5.11. The van der Waals surface area contributed by atoms with Crippen molar-refractivity contribution in [1.82, 2.24) is 0 Å². The standard InChI is InChI=1S/C10H18O/c1-10(2,11)9-7-5-3-4-6-8-9/h7,11H,3-6,8H2,1-2H3. The Morgan fingerprint density at radius 3 is 2.64 bits per heavy atom. The zero-order valence-corrected chi connectivity index (χ0v) is 7.56. The van der Waals surface area contributed by atoms with Crippen LogP contribution in [0, 0.1) is 0 Å². The van der Waals surface area contributed by atoms with Gasteiger partial charge in [0.15, 0.2) is 0 Å². The number of aliphatic hydroxyl groups is 1. The van der Waals surface area contributed by atoms with E-state index in [1.165, 1.54) is 24.8 Å². The highest BCUT2D eigenvalue weighted by Crippen LogP contribution is 2.25. The average Bonchev–Trinajstić information content (AvgIpc) is 2.10. The van der Waals surface area contributed by atoms with Crippen LogP contribution in [0.5, 0.6) is 0 Å². The first kappa shape index (κ1) is 8.79. The quantitative estimate of drug-likeness (QED) is 0.576. The van der Waals surface area contributed by atoms with Crippen molar-refractivity contribution in [2.75, 3.05) is 0 Å². The third-order valence-electron chi connectivity index (χ3n) is 2.33. The average molecular weight is 154 g/mol. The molecule has 0 bridgehead atoms. The van der Waals surface area contributed by atoms with Crippen molar-refractivity contribution >= 4 is 0 Å². The molecule has 0 aromatic heterocycles. The van der Waals surface area contributed by atoms with Crippen molar-refractivity contribution in [1.29, 1.82) is 0 Å². The molecule has 0 heterocycles. The van der Waals surface area contributed by atoms with Gasteiger partial charge in [-0.3, -0.25) is 0 Å². The molecule has 0 unspecified atom stereocenters. The molecule has 1 nitrogen and oxygen atoms in total. The van der Waals surface area contributed by atoms with E-state index in [-0.39, 0.29) is 0 Å². The Labute approximate surface area is 69.1 Å². The summed E-state index contributed by atoms with van der Waals surface area (Å²) < 4.78 is 0. The maximum atomic E-state index is 9.70. The Bertz CT molecular complexity index is 151. The third kappa shape index (κ3) is 2.66. The van der Waals surface area contributed by atoms with Gasteiger partial charge in [-0.2, -0.15) is 0 Å². The van der Waals surface area contributed by atoms with Crippen LogP contribution >= 0.6 is 0 Å². The largest absolute Gasteiger partial charge is 0.386 e. The van der Waals surface area contributed by atoms with Crippen molar-refractivity contribution in [2.24, 2.45) is 0 Å². The van der Waals surface area contributed by atoms with Gasteiger partial charge in [0.1, 0.15) is 0 Å². The van der Waals surface area contributed by atoms with Crippen molar-refractivity contribution < 1.29 is 5.11 Å². The molecule has 0 saturated carbocycles. The van der Waals surface area contributed by atoms with Gasteiger partial charge in [0.25, 0.3) is 0 Å². The van der Waals surface area contributed by atoms with Gasteiger partial charge in [-0.15, -0.1) is 0 Å². The van der Waals surface area contributed by atoms with E-state index in [0.717, 1.165) is 12.8 Å². The van der Waals surface area contributed by atoms with Crippen molar-refractivity contribution in [3.63, 3.8) is 0 Å². The Morgan fingerprint density at radius 2 is 2.00 bits per heavy atom. The number of rotatable bonds is 1. The molecular weight excluding hydrogens is 136 g/mol. The van der Waals surface area contributed by atoms with Gasteiger partial charge >= 0.3 is 0 Å². The van der Waals surface area contributed by atoms with E-state index >= 15 is 0 Å². The van der Waals surface area contributed by atoms with Crippen LogP contribution in [0.25, 0.3) is 0 Å². The fraction of sp³-hybridized carbons (Fsp3) is 0.800. The molecule has 1 heteroatoms. The van der Waals surface area contributed by atoms with Crippen LogP contribution in [-0.4, -0.2) is 10.7 Å². The maximum absolute atomic E-state index is 9.70. The fourth-order valence-electron chi connectivity index (χ4n) is 1.57. The lowest BCUT2D eigenvalue weighted by molar-refractivity contribution is 0.115. The Hall–Kier alpha value is -0.300. The predicted molar refractivity (Wildman–Crippen MR) is 47.5 cm³/mol. The highest BCUT2D eigenvalue weighted by Gasteiger charge is 2.19. The van der Waals surface area contributed by atoms with Crippen LogP contribution in [0.15, 0.2) is 11.6 Å². The highest BCUT2D eigenvalue weighted by molar-refractivity contribution is 5.14. The zero-order chi connectivity index (χ0) is 8.32. The van der Waals surface area contributed by atoms with Crippen LogP contribution < -0.4 is 0 Å². The van der Waals surface area contributed by atoms with Crippen LogP contribution in [-0.2, 0) is 0 Å². The summed E-state index contributed by atoms with van der Waals surface area (Å²) in [5, 5.41) is 9.70. The first-order valence-electron chi connectivity index (χ1n) is 4.52. The van der Waals surface area contributed by atoms with Gasteiger partial charge in [-0.05, 0) is 45.1 Å². The Morgan fingerprint density at radius 1 is 1.27 bits per heavy atom. The lowest BCUT2D eigenvalue weighted by atomic mass is 9.94. The summed E-state index contributed by atoms with van der Waals surface area (Å²) in [4.78, 5) is 0. The Kier molecular flexibility index (Phi) is 2.72. The van der Waals surface area contributed by atoms with Crippen LogP contribution in [0.4, 0.5) is 0 Å². The van der Waals surface area contributed by atoms with Crippen molar-refractivity contribution in [3.05, 3.63) is 11.6 Å². The molecule has 0 aromatic carbocycles.